The summed E-state index contributed by atoms with van der Waals surface area (Å²) >= 11 is 5.93. The highest BCUT2D eigenvalue weighted by Crippen LogP contribution is 2.31. The van der Waals surface area contributed by atoms with Crippen molar-refractivity contribution < 1.29 is 23.5 Å². The fourth-order valence-corrected chi connectivity index (χ4v) is 2.64. The first-order valence-corrected chi connectivity index (χ1v) is 8.20. The third kappa shape index (κ3) is 4.07. The number of carbonyl (C=O) groups excluding carboxylic acids is 2. The molecule has 2 aromatic rings. The van der Waals surface area contributed by atoms with Gasteiger partial charge < -0.3 is 13.9 Å². The van der Waals surface area contributed by atoms with Crippen molar-refractivity contribution in [1.82, 2.24) is 10.4 Å². The number of benzene rings is 1. The fourth-order valence-electron chi connectivity index (χ4n) is 2.52. The van der Waals surface area contributed by atoms with Crippen LogP contribution in [0.15, 0.2) is 53.2 Å². The molecule has 1 aromatic carbocycles. The number of carbonyl (C=O) groups is 2. The second-order valence-electron chi connectivity index (χ2n) is 5.52. The van der Waals surface area contributed by atoms with E-state index < -0.39 is 24.5 Å². The van der Waals surface area contributed by atoms with Crippen LogP contribution in [0.3, 0.4) is 0 Å². The van der Waals surface area contributed by atoms with Crippen LogP contribution in [0.5, 0.6) is 0 Å². The number of esters is 1. The maximum atomic E-state index is 12.5. The van der Waals surface area contributed by atoms with Crippen LogP contribution in [0.4, 0.5) is 0 Å². The van der Waals surface area contributed by atoms with E-state index >= 15 is 0 Å². The normalized spacial score (nSPS) is 16.2. The summed E-state index contributed by atoms with van der Waals surface area (Å²) in [5, 5.41) is 1.98. The average molecular weight is 377 g/mol. The standard InChI is InChI=1S/C18H17ClN2O5/c1-24-11-18(23)26-10-17(22)21-15(16-3-2-8-25-16)9-14(20-21)12-4-6-13(19)7-5-12/h2-9,15,20H,10-11H2,1H3/t15-/m1/s1. The molecule has 26 heavy (non-hydrogen) atoms. The third-order valence-corrected chi connectivity index (χ3v) is 3.97. The SMILES string of the molecule is COCC(=O)OCC(=O)N1NC(c2ccc(Cl)cc2)=C[C@@H]1c1ccco1. The molecule has 1 aliphatic heterocycles. The van der Waals surface area contributed by atoms with Crippen molar-refractivity contribution in [2.45, 2.75) is 6.04 Å². The highest BCUT2D eigenvalue weighted by Gasteiger charge is 2.32. The van der Waals surface area contributed by atoms with Crippen LogP contribution in [0.25, 0.3) is 5.70 Å². The minimum absolute atomic E-state index is 0.212. The molecule has 0 saturated carbocycles. The molecular weight excluding hydrogens is 360 g/mol. The molecule has 1 atom stereocenters. The molecule has 3 rings (SSSR count). The van der Waals surface area contributed by atoms with Gasteiger partial charge >= 0.3 is 5.97 Å². The number of halogens is 1. The lowest BCUT2D eigenvalue weighted by Gasteiger charge is -2.23. The minimum Gasteiger partial charge on any atom is -0.467 e. The quantitative estimate of drug-likeness (QED) is 0.780. The lowest BCUT2D eigenvalue weighted by molar-refractivity contribution is -0.156. The van der Waals surface area contributed by atoms with E-state index in [2.05, 4.69) is 10.2 Å². The Labute approximate surface area is 155 Å². The number of hydrogen-bond acceptors (Lipinski definition) is 6. The molecule has 0 fully saturated rings. The Balaban J connectivity index is 1.77. The molecule has 0 spiro atoms. The van der Waals surface area contributed by atoms with Gasteiger partial charge in [0.15, 0.2) is 6.61 Å². The van der Waals surface area contributed by atoms with Gasteiger partial charge in [-0.3, -0.25) is 10.2 Å². The van der Waals surface area contributed by atoms with Crippen molar-refractivity contribution in [3.05, 3.63) is 65.1 Å². The third-order valence-electron chi connectivity index (χ3n) is 3.72. The summed E-state index contributed by atoms with van der Waals surface area (Å²) in [5.74, 6) is -0.449. The van der Waals surface area contributed by atoms with Gasteiger partial charge in [0.1, 0.15) is 18.4 Å². The summed E-state index contributed by atoms with van der Waals surface area (Å²) in [4.78, 5) is 23.9. The molecule has 0 unspecified atom stereocenters. The van der Waals surface area contributed by atoms with E-state index in [1.165, 1.54) is 18.4 Å². The van der Waals surface area contributed by atoms with Crippen LogP contribution < -0.4 is 5.43 Å². The predicted molar refractivity (Wildman–Crippen MR) is 93.7 cm³/mol. The number of methoxy groups -OCH3 is 1. The molecule has 0 bridgehead atoms. The number of nitrogens with zero attached hydrogens (tertiary/aromatic N) is 1. The Kier molecular flexibility index (Phi) is 5.60. The molecule has 2 heterocycles. The Morgan fingerprint density at radius 1 is 1.23 bits per heavy atom. The van der Waals surface area contributed by atoms with E-state index in [-0.39, 0.29) is 6.61 Å². The van der Waals surface area contributed by atoms with Gasteiger partial charge in [-0.25, -0.2) is 9.80 Å². The number of hydrogen-bond donors (Lipinski definition) is 1. The number of furan rings is 1. The molecule has 1 N–H and O–H groups in total. The van der Waals surface area contributed by atoms with Crippen LogP contribution in [0, 0.1) is 0 Å². The van der Waals surface area contributed by atoms with E-state index in [9.17, 15) is 9.59 Å². The van der Waals surface area contributed by atoms with E-state index in [0.29, 0.717) is 10.8 Å². The van der Waals surface area contributed by atoms with Gasteiger partial charge in [0.25, 0.3) is 5.91 Å². The summed E-state index contributed by atoms with van der Waals surface area (Å²) in [6, 6.07) is 10.2. The second kappa shape index (κ2) is 8.07. The lowest BCUT2D eigenvalue weighted by Crippen LogP contribution is -2.42. The highest BCUT2D eigenvalue weighted by molar-refractivity contribution is 6.30. The molecule has 1 aliphatic rings. The first-order chi connectivity index (χ1) is 12.6. The first kappa shape index (κ1) is 18.0. The maximum Gasteiger partial charge on any atom is 0.332 e. The molecule has 0 saturated heterocycles. The van der Waals surface area contributed by atoms with Gasteiger partial charge in [-0.15, -0.1) is 0 Å². The van der Waals surface area contributed by atoms with Gasteiger partial charge in [0, 0.05) is 12.1 Å². The molecule has 1 aromatic heterocycles. The number of nitrogens with one attached hydrogen (secondary N) is 1. The monoisotopic (exact) mass is 376 g/mol. The Hall–Kier alpha value is -2.77. The largest absolute Gasteiger partial charge is 0.467 e. The zero-order valence-electron chi connectivity index (χ0n) is 14.0. The lowest BCUT2D eigenvalue weighted by atomic mass is 10.1. The zero-order chi connectivity index (χ0) is 18.5. The van der Waals surface area contributed by atoms with Crippen LogP contribution in [0.2, 0.25) is 5.02 Å². The molecule has 136 valence electrons. The average Bonchev–Trinajstić information content (AvgIpc) is 3.30. The van der Waals surface area contributed by atoms with Gasteiger partial charge in [-0.1, -0.05) is 23.7 Å². The molecule has 8 heteroatoms. The highest BCUT2D eigenvalue weighted by atomic mass is 35.5. The van der Waals surface area contributed by atoms with Gasteiger partial charge in [-0.05, 0) is 35.9 Å². The van der Waals surface area contributed by atoms with Crippen LogP contribution in [-0.2, 0) is 19.1 Å². The Bertz CT molecular complexity index is 801. The number of amides is 1. The number of rotatable bonds is 6. The fraction of sp³-hybridized carbons (Fsp3) is 0.222. The van der Waals surface area contributed by atoms with E-state index in [0.717, 1.165) is 11.3 Å². The summed E-state index contributed by atoms with van der Waals surface area (Å²) < 4.78 is 15.0. The maximum absolute atomic E-state index is 12.5. The molecule has 0 radical (unpaired) electrons. The topological polar surface area (TPSA) is 81.0 Å². The summed E-state index contributed by atoms with van der Waals surface area (Å²) in [5.41, 5.74) is 4.62. The molecule has 7 nitrogen and oxygen atoms in total. The zero-order valence-corrected chi connectivity index (χ0v) is 14.7. The van der Waals surface area contributed by atoms with Crippen molar-refractivity contribution in [3.63, 3.8) is 0 Å². The van der Waals surface area contributed by atoms with Crippen molar-refractivity contribution in [2.24, 2.45) is 0 Å². The second-order valence-corrected chi connectivity index (χ2v) is 5.95. The van der Waals surface area contributed by atoms with Crippen LogP contribution >= 0.6 is 11.6 Å². The number of ether oxygens (including phenoxy) is 2. The van der Waals surface area contributed by atoms with Crippen molar-refractivity contribution >= 4 is 29.2 Å². The van der Waals surface area contributed by atoms with E-state index in [4.69, 9.17) is 20.8 Å². The number of hydrazine groups is 1. The van der Waals surface area contributed by atoms with Gasteiger partial charge in [0.05, 0.1) is 12.0 Å². The van der Waals surface area contributed by atoms with Crippen molar-refractivity contribution in [1.29, 1.82) is 0 Å². The van der Waals surface area contributed by atoms with Crippen molar-refractivity contribution in [3.8, 4) is 0 Å². The minimum atomic E-state index is -0.611. The smallest absolute Gasteiger partial charge is 0.332 e. The Morgan fingerprint density at radius 3 is 2.65 bits per heavy atom. The van der Waals surface area contributed by atoms with Crippen molar-refractivity contribution in [2.75, 3.05) is 20.3 Å². The van der Waals surface area contributed by atoms with Gasteiger partial charge in [-0.2, -0.15) is 0 Å². The predicted octanol–water partition coefficient (Wildman–Crippen LogP) is 2.55. The molecular formula is C18H17ClN2O5. The summed E-state index contributed by atoms with van der Waals surface area (Å²) in [7, 11) is 1.38. The summed E-state index contributed by atoms with van der Waals surface area (Å²) in [6.45, 7) is -0.620. The van der Waals surface area contributed by atoms with E-state index in [1.807, 2.05) is 18.2 Å². The van der Waals surface area contributed by atoms with E-state index in [1.54, 1.807) is 24.3 Å². The molecule has 0 aliphatic carbocycles. The first-order valence-electron chi connectivity index (χ1n) is 7.83. The molecule has 1 amide bonds. The summed E-state index contributed by atoms with van der Waals surface area (Å²) in [6.07, 6.45) is 3.39. The van der Waals surface area contributed by atoms with Crippen LogP contribution in [-0.4, -0.2) is 37.2 Å². The Morgan fingerprint density at radius 2 is 2.00 bits per heavy atom. The van der Waals surface area contributed by atoms with Gasteiger partial charge in [0.2, 0.25) is 0 Å². The van der Waals surface area contributed by atoms with Crippen LogP contribution in [0.1, 0.15) is 17.4 Å².